The van der Waals surface area contributed by atoms with Gasteiger partial charge < -0.3 is 15.2 Å². The second-order valence-electron chi connectivity index (χ2n) is 4.17. The fourth-order valence-corrected chi connectivity index (χ4v) is 1.68. The minimum absolute atomic E-state index is 0.101. The third-order valence-electron chi connectivity index (χ3n) is 2.65. The standard InChI is InChI=1S/C11H16N2O4/c1-7(6-12)5-8(11(15)16)13-10(14)9-3-2-4-17-9/h7-9H,2-5H2,1H3,(H,13,14)(H,15,16)/t7-,8+,9+/m0/s1. The summed E-state index contributed by atoms with van der Waals surface area (Å²) in [7, 11) is 0. The number of carboxylic acid groups (broad SMARTS) is 1. The lowest BCUT2D eigenvalue weighted by molar-refractivity contribution is -0.144. The maximum Gasteiger partial charge on any atom is 0.326 e. The number of rotatable bonds is 5. The van der Waals surface area contributed by atoms with Crippen molar-refractivity contribution in [3.05, 3.63) is 0 Å². The normalized spacial score (nSPS) is 22.5. The number of nitrogens with zero attached hydrogens (tertiary/aromatic N) is 1. The van der Waals surface area contributed by atoms with E-state index in [1.54, 1.807) is 6.92 Å². The Morgan fingerprint density at radius 2 is 2.35 bits per heavy atom. The predicted octanol–water partition coefficient (Wildman–Crippen LogP) is 0.285. The van der Waals surface area contributed by atoms with Gasteiger partial charge in [0.15, 0.2) is 0 Å². The first-order chi connectivity index (χ1) is 8.04. The van der Waals surface area contributed by atoms with Crippen molar-refractivity contribution in [2.24, 2.45) is 5.92 Å². The van der Waals surface area contributed by atoms with Gasteiger partial charge in [-0.1, -0.05) is 0 Å². The highest BCUT2D eigenvalue weighted by Gasteiger charge is 2.28. The maximum absolute atomic E-state index is 11.6. The van der Waals surface area contributed by atoms with Crippen molar-refractivity contribution in [1.82, 2.24) is 5.32 Å². The summed E-state index contributed by atoms with van der Waals surface area (Å²) >= 11 is 0. The number of hydrogen-bond acceptors (Lipinski definition) is 4. The molecule has 6 nitrogen and oxygen atoms in total. The average Bonchev–Trinajstić information content (AvgIpc) is 2.81. The van der Waals surface area contributed by atoms with Crippen LogP contribution >= 0.6 is 0 Å². The zero-order valence-electron chi connectivity index (χ0n) is 9.68. The third kappa shape index (κ3) is 4.04. The number of hydrogen-bond donors (Lipinski definition) is 2. The van der Waals surface area contributed by atoms with Gasteiger partial charge in [-0.25, -0.2) is 4.79 Å². The molecule has 1 fully saturated rings. The summed E-state index contributed by atoms with van der Waals surface area (Å²) in [5.41, 5.74) is 0. The SMILES string of the molecule is C[C@H](C#N)C[C@@H](NC(=O)[C@H]1CCCO1)C(=O)O. The van der Waals surface area contributed by atoms with E-state index in [0.717, 1.165) is 6.42 Å². The van der Waals surface area contributed by atoms with Gasteiger partial charge >= 0.3 is 5.97 Å². The number of carboxylic acids is 1. The summed E-state index contributed by atoms with van der Waals surface area (Å²) in [6.45, 7) is 2.15. The van der Waals surface area contributed by atoms with Crippen LogP contribution in [0.1, 0.15) is 26.2 Å². The zero-order valence-corrected chi connectivity index (χ0v) is 9.68. The van der Waals surface area contributed by atoms with E-state index >= 15 is 0 Å². The fraction of sp³-hybridized carbons (Fsp3) is 0.727. The second-order valence-corrected chi connectivity index (χ2v) is 4.17. The Kier molecular flexibility index (Phi) is 4.91. The zero-order chi connectivity index (χ0) is 12.8. The molecule has 3 atom stereocenters. The molecule has 0 aromatic heterocycles. The molecule has 0 saturated carbocycles. The topological polar surface area (TPSA) is 99.4 Å². The fourth-order valence-electron chi connectivity index (χ4n) is 1.68. The highest BCUT2D eigenvalue weighted by Crippen LogP contribution is 2.13. The molecule has 2 N–H and O–H groups in total. The second kappa shape index (κ2) is 6.21. The highest BCUT2D eigenvalue weighted by molar-refractivity contribution is 5.86. The monoisotopic (exact) mass is 240 g/mol. The molecular weight excluding hydrogens is 224 g/mol. The van der Waals surface area contributed by atoms with Gasteiger partial charge in [-0.05, 0) is 26.2 Å². The van der Waals surface area contributed by atoms with Crippen molar-refractivity contribution in [1.29, 1.82) is 5.26 Å². The number of carbonyl (C=O) groups is 2. The van der Waals surface area contributed by atoms with E-state index in [-0.39, 0.29) is 6.42 Å². The van der Waals surface area contributed by atoms with Crippen molar-refractivity contribution in [3.8, 4) is 6.07 Å². The van der Waals surface area contributed by atoms with E-state index in [1.807, 2.05) is 6.07 Å². The Labute approximate surface area is 99.6 Å². The lowest BCUT2D eigenvalue weighted by Gasteiger charge is -2.17. The van der Waals surface area contributed by atoms with Gasteiger partial charge in [0.25, 0.3) is 0 Å². The Bertz CT molecular complexity index is 331. The molecule has 1 rings (SSSR count). The van der Waals surface area contributed by atoms with Crippen LogP contribution in [0.3, 0.4) is 0 Å². The van der Waals surface area contributed by atoms with Gasteiger partial charge in [-0.3, -0.25) is 4.79 Å². The van der Waals surface area contributed by atoms with Crippen LogP contribution in [0.5, 0.6) is 0 Å². The third-order valence-corrected chi connectivity index (χ3v) is 2.65. The van der Waals surface area contributed by atoms with Crippen molar-refractivity contribution in [2.45, 2.75) is 38.3 Å². The van der Waals surface area contributed by atoms with E-state index in [4.69, 9.17) is 15.1 Å². The van der Waals surface area contributed by atoms with Crippen LogP contribution in [-0.4, -0.2) is 35.7 Å². The van der Waals surface area contributed by atoms with Gasteiger partial charge in [-0.2, -0.15) is 5.26 Å². The molecule has 0 spiro atoms. The van der Waals surface area contributed by atoms with Gasteiger partial charge in [0.1, 0.15) is 12.1 Å². The Balaban J connectivity index is 2.51. The number of aliphatic carboxylic acids is 1. The first kappa shape index (κ1) is 13.5. The quantitative estimate of drug-likeness (QED) is 0.719. The van der Waals surface area contributed by atoms with Crippen molar-refractivity contribution < 1.29 is 19.4 Å². The number of amides is 1. The molecule has 0 unspecified atom stereocenters. The van der Waals surface area contributed by atoms with Crippen molar-refractivity contribution >= 4 is 11.9 Å². The van der Waals surface area contributed by atoms with E-state index < -0.39 is 29.9 Å². The van der Waals surface area contributed by atoms with Gasteiger partial charge in [0.2, 0.25) is 5.91 Å². The Morgan fingerprint density at radius 1 is 1.65 bits per heavy atom. The smallest absolute Gasteiger partial charge is 0.326 e. The van der Waals surface area contributed by atoms with Crippen LogP contribution in [0.15, 0.2) is 0 Å². The number of nitriles is 1. The number of nitrogens with one attached hydrogen (secondary N) is 1. The molecule has 1 aliphatic heterocycles. The van der Waals surface area contributed by atoms with Crippen LogP contribution in [-0.2, 0) is 14.3 Å². The first-order valence-electron chi connectivity index (χ1n) is 5.59. The van der Waals surface area contributed by atoms with Crippen LogP contribution in [0.2, 0.25) is 0 Å². The predicted molar refractivity (Wildman–Crippen MR) is 57.9 cm³/mol. The largest absolute Gasteiger partial charge is 0.480 e. The molecule has 0 aromatic carbocycles. The van der Waals surface area contributed by atoms with Crippen LogP contribution in [0, 0.1) is 17.2 Å². The molecule has 1 saturated heterocycles. The molecule has 94 valence electrons. The molecule has 0 radical (unpaired) electrons. The molecule has 6 heteroatoms. The van der Waals surface area contributed by atoms with Gasteiger partial charge in [-0.15, -0.1) is 0 Å². The summed E-state index contributed by atoms with van der Waals surface area (Å²) in [6, 6.07) is 0.921. The van der Waals surface area contributed by atoms with Crippen LogP contribution < -0.4 is 5.32 Å². The number of ether oxygens (including phenoxy) is 1. The van der Waals surface area contributed by atoms with Crippen LogP contribution in [0.4, 0.5) is 0 Å². The van der Waals surface area contributed by atoms with Crippen molar-refractivity contribution in [2.75, 3.05) is 6.61 Å². The summed E-state index contributed by atoms with van der Waals surface area (Å²) in [6.07, 6.45) is 0.981. The molecular formula is C11H16N2O4. The Hall–Kier alpha value is -1.61. The molecule has 0 aromatic rings. The summed E-state index contributed by atoms with van der Waals surface area (Å²) in [5, 5.41) is 20.0. The molecule has 1 amide bonds. The molecule has 1 aliphatic rings. The first-order valence-corrected chi connectivity index (χ1v) is 5.59. The average molecular weight is 240 g/mol. The Morgan fingerprint density at radius 3 is 2.82 bits per heavy atom. The lowest BCUT2D eigenvalue weighted by Crippen LogP contribution is -2.46. The molecule has 1 heterocycles. The van der Waals surface area contributed by atoms with Crippen molar-refractivity contribution in [3.63, 3.8) is 0 Å². The minimum atomic E-state index is -1.13. The molecule has 17 heavy (non-hydrogen) atoms. The van der Waals surface area contributed by atoms with E-state index in [1.165, 1.54) is 0 Å². The molecule has 0 bridgehead atoms. The highest BCUT2D eigenvalue weighted by atomic mass is 16.5. The van der Waals surface area contributed by atoms with Gasteiger partial charge in [0, 0.05) is 12.5 Å². The summed E-state index contributed by atoms with van der Waals surface area (Å²) in [4.78, 5) is 22.6. The summed E-state index contributed by atoms with van der Waals surface area (Å²) < 4.78 is 5.16. The minimum Gasteiger partial charge on any atom is -0.480 e. The number of carbonyl (C=O) groups excluding carboxylic acids is 1. The molecule has 0 aliphatic carbocycles. The van der Waals surface area contributed by atoms with Crippen LogP contribution in [0.25, 0.3) is 0 Å². The van der Waals surface area contributed by atoms with E-state index in [2.05, 4.69) is 5.32 Å². The van der Waals surface area contributed by atoms with E-state index in [9.17, 15) is 9.59 Å². The maximum atomic E-state index is 11.6. The van der Waals surface area contributed by atoms with Gasteiger partial charge in [0.05, 0.1) is 6.07 Å². The van der Waals surface area contributed by atoms with E-state index in [0.29, 0.717) is 13.0 Å². The lowest BCUT2D eigenvalue weighted by atomic mass is 10.0. The summed E-state index contributed by atoms with van der Waals surface area (Å²) in [5.74, 6) is -1.95.